The summed E-state index contributed by atoms with van der Waals surface area (Å²) in [5.41, 5.74) is 6.06. The molecule has 1 aromatic heterocycles. The van der Waals surface area contributed by atoms with E-state index in [1.165, 1.54) is 6.26 Å². The number of nitrogens with two attached hydrogens (primary N) is 1. The summed E-state index contributed by atoms with van der Waals surface area (Å²) in [4.78, 5) is 14.0. The van der Waals surface area contributed by atoms with Crippen LogP contribution in [0.15, 0.2) is 16.7 Å². The molecule has 2 heterocycles. The number of likely N-dealkylation sites (tertiary alicyclic amines) is 1. The molecule has 0 atom stereocenters. The Hall–Kier alpha value is -1.00. The second-order valence-electron chi connectivity index (χ2n) is 4.48. The summed E-state index contributed by atoms with van der Waals surface area (Å²) in [6, 6.07) is 1.74. The lowest BCUT2D eigenvalue weighted by atomic mass is 9.99. The SMILES string of the molecule is CC1CCN(C(=O)c2coc(CN)c2)CC1.Cl. The number of halogens is 1. The summed E-state index contributed by atoms with van der Waals surface area (Å²) in [6.45, 7) is 4.27. The molecule has 0 aromatic carbocycles. The van der Waals surface area contributed by atoms with E-state index >= 15 is 0 Å². The van der Waals surface area contributed by atoms with Crippen molar-refractivity contribution in [3.05, 3.63) is 23.7 Å². The van der Waals surface area contributed by atoms with Gasteiger partial charge >= 0.3 is 0 Å². The van der Waals surface area contributed by atoms with Crippen molar-refractivity contribution in [3.63, 3.8) is 0 Å². The molecule has 1 aromatic rings. The number of carbonyl (C=O) groups is 1. The number of amides is 1. The lowest BCUT2D eigenvalue weighted by Crippen LogP contribution is -2.37. The van der Waals surface area contributed by atoms with E-state index in [0.717, 1.165) is 31.8 Å². The average Bonchev–Trinajstić information content (AvgIpc) is 2.77. The molecule has 2 N–H and O–H groups in total. The zero-order valence-electron chi connectivity index (χ0n) is 10.0. The van der Waals surface area contributed by atoms with E-state index < -0.39 is 0 Å². The Morgan fingerprint density at radius 1 is 1.53 bits per heavy atom. The maximum Gasteiger partial charge on any atom is 0.257 e. The smallest absolute Gasteiger partial charge is 0.257 e. The number of furan rings is 1. The fraction of sp³-hybridized carbons (Fsp3) is 0.583. The van der Waals surface area contributed by atoms with Gasteiger partial charge in [-0.25, -0.2) is 0 Å². The quantitative estimate of drug-likeness (QED) is 0.883. The van der Waals surface area contributed by atoms with Gasteiger partial charge in [0.25, 0.3) is 5.91 Å². The fourth-order valence-electron chi connectivity index (χ4n) is 1.99. The van der Waals surface area contributed by atoms with Crippen LogP contribution in [0.4, 0.5) is 0 Å². The zero-order chi connectivity index (χ0) is 11.5. The maximum absolute atomic E-state index is 12.1. The molecule has 1 amide bonds. The monoisotopic (exact) mass is 258 g/mol. The lowest BCUT2D eigenvalue weighted by molar-refractivity contribution is 0.0696. The van der Waals surface area contributed by atoms with Crippen LogP contribution in [-0.2, 0) is 6.54 Å². The minimum atomic E-state index is 0. The van der Waals surface area contributed by atoms with Crippen LogP contribution < -0.4 is 5.73 Å². The summed E-state index contributed by atoms with van der Waals surface area (Å²) < 4.78 is 5.17. The Morgan fingerprint density at radius 2 is 2.18 bits per heavy atom. The summed E-state index contributed by atoms with van der Waals surface area (Å²) >= 11 is 0. The van der Waals surface area contributed by atoms with E-state index in [1.54, 1.807) is 6.07 Å². The van der Waals surface area contributed by atoms with Gasteiger partial charge in [-0.3, -0.25) is 4.79 Å². The van der Waals surface area contributed by atoms with E-state index in [-0.39, 0.29) is 18.3 Å². The van der Waals surface area contributed by atoms with Gasteiger partial charge in [0.05, 0.1) is 12.1 Å². The highest BCUT2D eigenvalue weighted by Gasteiger charge is 2.22. The van der Waals surface area contributed by atoms with Crippen LogP contribution in [0.1, 0.15) is 35.9 Å². The molecule has 0 bridgehead atoms. The third-order valence-corrected chi connectivity index (χ3v) is 3.17. The Kier molecular flexibility index (Phi) is 5.02. The number of carbonyl (C=O) groups excluding carboxylic acids is 1. The van der Waals surface area contributed by atoms with Gasteiger partial charge in [0, 0.05) is 13.1 Å². The highest BCUT2D eigenvalue weighted by molar-refractivity contribution is 5.94. The minimum Gasteiger partial charge on any atom is -0.467 e. The van der Waals surface area contributed by atoms with Gasteiger partial charge < -0.3 is 15.1 Å². The molecule has 1 fully saturated rings. The molecule has 96 valence electrons. The zero-order valence-corrected chi connectivity index (χ0v) is 10.8. The first-order valence-corrected chi connectivity index (χ1v) is 5.77. The summed E-state index contributed by atoms with van der Waals surface area (Å²) in [7, 11) is 0. The maximum atomic E-state index is 12.1. The Morgan fingerprint density at radius 3 is 2.71 bits per heavy atom. The molecule has 1 aliphatic heterocycles. The molecule has 0 spiro atoms. The molecule has 0 saturated carbocycles. The third kappa shape index (κ3) is 3.23. The Bertz CT molecular complexity index is 370. The second-order valence-corrected chi connectivity index (χ2v) is 4.48. The predicted molar refractivity (Wildman–Crippen MR) is 68.1 cm³/mol. The Labute approximate surface area is 108 Å². The minimum absolute atomic E-state index is 0. The van der Waals surface area contributed by atoms with E-state index in [2.05, 4.69) is 6.92 Å². The van der Waals surface area contributed by atoms with Crippen LogP contribution in [0.3, 0.4) is 0 Å². The first-order valence-electron chi connectivity index (χ1n) is 5.77. The van der Waals surface area contributed by atoms with Gasteiger partial charge in [-0.15, -0.1) is 12.4 Å². The van der Waals surface area contributed by atoms with Crippen LogP contribution in [0.2, 0.25) is 0 Å². The molecule has 17 heavy (non-hydrogen) atoms. The van der Waals surface area contributed by atoms with Crippen molar-refractivity contribution < 1.29 is 9.21 Å². The van der Waals surface area contributed by atoms with E-state index in [9.17, 15) is 4.79 Å². The summed E-state index contributed by atoms with van der Waals surface area (Å²) in [5, 5.41) is 0. The second kappa shape index (κ2) is 6.07. The molecule has 0 radical (unpaired) electrons. The van der Waals surface area contributed by atoms with Gasteiger partial charge in [0.15, 0.2) is 0 Å². The van der Waals surface area contributed by atoms with E-state index in [0.29, 0.717) is 17.9 Å². The van der Waals surface area contributed by atoms with Gasteiger partial charge in [-0.05, 0) is 24.8 Å². The number of piperidine rings is 1. The van der Waals surface area contributed by atoms with Crippen molar-refractivity contribution >= 4 is 18.3 Å². The van der Waals surface area contributed by atoms with Gasteiger partial charge in [0.2, 0.25) is 0 Å². The highest BCUT2D eigenvalue weighted by atomic mass is 35.5. The normalized spacial score (nSPS) is 16.7. The molecular formula is C12H19ClN2O2. The van der Waals surface area contributed by atoms with Gasteiger partial charge in [-0.2, -0.15) is 0 Å². The first kappa shape index (κ1) is 14.1. The number of hydrogen-bond donors (Lipinski definition) is 1. The van der Waals surface area contributed by atoms with Crippen molar-refractivity contribution in [2.24, 2.45) is 11.7 Å². The predicted octanol–water partition coefficient (Wildman–Crippen LogP) is 2.03. The Balaban J connectivity index is 0.00000144. The van der Waals surface area contributed by atoms with Crippen molar-refractivity contribution in [1.82, 2.24) is 4.90 Å². The summed E-state index contributed by atoms with van der Waals surface area (Å²) in [5.74, 6) is 1.46. The molecule has 4 nitrogen and oxygen atoms in total. The van der Waals surface area contributed by atoms with Crippen LogP contribution in [-0.4, -0.2) is 23.9 Å². The largest absolute Gasteiger partial charge is 0.467 e. The van der Waals surface area contributed by atoms with E-state index in [4.69, 9.17) is 10.2 Å². The molecule has 0 unspecified atom stereocenters. The number of hydrogen-bond acceptors (Lipinski definition) is 3. The number of rotatable bonds is 2. The molecule has 2 rings (SSSR count). The summed E-state index contributed by atoms with van der Waals surface area (Å²) in [6.07, 6.45) is 3.68. The highest BCUT2D eigenvalue weighted by Crippen LogP contribution is 2.19. The molecule has 0 aliphatic carbocycles. The lowest BCUT2D eigenvalue weighted by Gasteiger charge is -2.29. The van der Waals surface area contributed by atoms with Gasteiger partial charge in [0.1, 0.15) is 12.0 Å². The van der Waals surface area contributed by atoms with Gasteiger partial charge in [-0.1, -0.05) is 6.92 Å². The molecular weight excluding hydrogens is 240 g/mol. The average molecular weight is 259 g/mol. The standard InChI is InChI=1S/C12H18N2O2.ClH/c1-9-2-4-14(5-3-9)12(15)10-6-11(7-13)16-8-10;/h6,8-9H,2-5,7,13H2,1H3;1H. The van der Waals surface area contributed by atoms with Crippen molar-refractivity contribution in [3.8, 4) is 0 Å². The third-order valence-electron chi connectivity index (χ3n) is 3.17. The fourth-order valence-corrected chi connectivity index (χ4v) is 1.99. The molecule has 5 heteroatoms. The molecule has 1 saturated heterocycles. The first-order chi connectivity index (χ1) is 7.70. The van der Waals surface area contributed by atoms with E-state index in [1.807, 2.05) is 4.90 Å². The van der Waals surface area contributed by atoms with Crippen LogP contribution in [0.25, 0.3) is 0 Å². The van der Waals surface area contributed by atoms with Crippen LogP contribution in [0.5, 0.6) is 0 Å². The topological polar surface area (TPSA) is 59.5 Å². The van der Waals surface area contributed by atoms with Crippen LogP contribution in [0, 0.1) is 5.92 Å². The van der Waals surface area contributed by atoms with Crippen LogP contribution >= 0.6 is 12.4 Å². The van der Waals surface area contributed by atoms with Crippen molar-refractivity contribution in [2.75, 3.05) is 13.1 Å². The molecule has 1 aliphatic rings. The number of nitrogens with zero attached hydrogens (tertiary/aromatic N) is 1. The van der Waals surface area contributed by atoms with Crippen molar-refractivity contribution in [2.45, 2.75) is 26.3 Å². The van der Waals surface area contributed by atoms with Crippen molar-refractivity contribution in [1.29, 1.82) is 0 Å².